The number of carbonyl (C=O) groups excluding carboxylic acids is 1. The van der Waals surface area contributed by atoms with Crippen molar-refractivity contribution in [2.24, 2.45) is 0 Å². The number of carbonyl (C=O) groups is 1. The summed E-state index contributed by atoms with van der Waals surface area (Å²) >= 11 is 1.55. The molecule has 1 atom stereocenters. The Morgan fingerprint density at radius 3 is 2.71 bits per heavy atom. The van der Waals surface area contributed by atoms with Crippen LogP contribution in [0, 0.1) is 0 Å². The van der Waals surface area contributed by atoms with Crippen LogP contribution in [-0.2, 0) is 0 Å². The van der Waals surface area contributed by atoms with Gasteiger partial charge in [-0.25, -0.2) is 4.98 Å². The molecule has 0 radical (unpaired) electrons. The van der Waals surface area contributed by atoms with Crippen molar-refractivity contribution in [3.05, 3.63) is 10.6 Å². The molecule has 94 valence electrons. The van der Waals surface area contributed by atoms with Crippen molar-refractivity contribution < 1.29 is 4.79 Å². The third kappa shape index (κ3) is 2.51. The number of hydrogen-bond acceptors (Lipinski definition) is 4. The van der Waals surface area contributed by atoms with E-state index in [2.05, 4.69) is 25.7 Å². The van der Waals surface area contributed by atoms with Crippen LogP contribution in [0.4, 0.5) is 5.13 Å². The fourth-order valence-corrected chi connectivity index (χ4v) is 3.18. The second-order valence-electron chi connectivity index (χ2n) is 4.68. The van der Waals surface area contributed by atoms with Gasteiger partial charge in [-0.05, 0) is 33.1 Å². The van der Waals surface area contributed by atoms with E-state index >= 15 is 0 Å². The standard InChI is InChI=1S/C13H20N2OS/c1-4-9(3)15(5-2)13-14-12(10-6-7-10)11(8-16)17-13/h8-10H,4-7H2,1-3H3. The Balaban J connectivity index is 2.27. The smallest absolute Gasteiger partial charge is 0.186 e. The van der Waals surface area contributed by atoms with Gasteiger partial charge in [-0.15, -0.1) is 0 Å². The molecule has 17 heavy (non-hydrogen) atoms. The Labute approximate surface area is 107 Å². The van der Waals surface area contributed by atoms with Gasteiger partial charge in [-0.3, -0.25) is 4.79 Å². The maximum atomic E-state index is 11.1. The van der Waals surface area contributed by atoms with Gasteiger partial charge in [0.1, 0.15) is 0 Å². The highest BCUT2D eigenvalue weighted by Crippen LogP contribution is 2.43. The normalized spacial score (nSPS) is 16.9. The van der Waals surface area contributed by atoms with Gasteiger partial charge in [0.05, 0.1) is 10.6 Å². The van der Waals surface area contributed by atoms with Crippen molar-refractivity contribution >= 4 is 22.8 Å². The van der Waals surface area contributed by atoms with E-state index in [9.17, 15) is 4.79 Å². The summed E-state index contributed by atoms with van der Waals surface area (Å²) in [5.41, 5.74) is 1.04. The quantitative estimate of drug-likeness (QED) is 0.727. The first kappa shape index (κ1) is 12.6. The molecule has 0 aliphatic heterocycles. The zero-order chi connectivity index (χ0) is 12.4. The van der Waals surface area contributed by atoms with Crippen molar-refractivity contribution in [1.29, 1.82) is 0 Å². The Morgan fingerprint density at radius 2 is 2.24 bits per heavy atom. The number of anilines is 1. The Bertz CT molecular complexity index is 398. The highest BCUT2D eigenvalue weighted by molar-refractivity contribution is 7.17. The van der Waals surface area contributed by atoms with E-state index in [1.54, 1.807) is 11.3 Å². The lowest BCUT2D eigenvalue weighted by Gasteiger charge is -2.26. The SMILES string of the molecule is CCC(C)N(CC)c1nc(C2CC2)c(C=O)s1. The molecule has 0 saturated heterocycles. The van der Waals surface area contributed by atoms with Crippen molar-refractivity contribution in [2.45, 2.75) is 52.0 Å². The molecule has 1 aliphatic carbocycles. The number of rotatable bonds is 6. The molecule has 0 aromatic carbocycles. The molecule has 1 fully saturated rings. The molecule has 1 heterocycles. The molecule has 1 aliphatic rings. The van der Waals surface area contributed by atoms with Crippen LogP contribution in [-0.4, -0.2) is 23.9 Å². The Morgan fingerprint density at radius 1 is 1.53 bits per heavy atom. The van der Waals surface area contributed by atoms with E-state index in [1.807, 2.05) is 0 Å². The number of aldehydes is 1. The van der Waals surface area contributed by atoms with E-state index in [-0.39, 0.29) is 0 Å². The number of aromatic nitrogens is 1. The number of nitrogens with zero attached hydrogens (tertiary/aromatic N) is 2. The fourth-order valence-electron chi connectivity index (χ4n) is 2.04. The average Bonchev–Trinajstić information content (AvgIpc) is 3.11. The van der Waals surface area contributed by atoms with E-state index in [0.29, 0.717) is 12.0 Å². The fraction of sp³-hybridized carbons (Fsp3) is 0.692. The van der Waals surface area contributed by atoms with Gasteiger partial charge in [0, 0.05) is 18.5 Å². The average molecular weight is 252 g/mol. The lowest BCUT2D eigenvalue weighted by molar-refractivity contribution is 0.112. The monoisotopic (exact) mass is 252 g/mol. The summed E-state index contributed by atoms with van der Waals surface area (Å²) in [5.74, 6) is 0.552. The largest absolute Gasteiger partial charge is 0.346 e. The van der Waals surface area contributed by atoms with Crippen LogP contribution in [0.2, 0.25) is 0 Å². The van der Waals surface area contributed by atoms with E-state index in [1.165, 1.54) is 12.8 Å². The van der Waals surface area contributed by atoms with Crippen LogP contribution in [0.1, 0.15) is 61.3 Å². The maximum Gasteiger partial charge on any atom is 0.186 e. The zero-order valence-electron chi connectivity index (χ0n) is 10.8. The topological polar surface area (TPSA) is 33.2 Å². The van der Waals surface area contributed by atoms with Crippen molar-refractivity contribution in [3.63, 3.8) is 0 Å². The molecule has 0 spiro atoms. The van der Waals surface area contributed by atoms with E-state index in [0.717, 1.165) is 35.0 Å². The van der Waals surface area contributed by atoms with Crippen LogP contribution < -0.4 is 4.90 Å². The second-order valence-corrected chi connectivity index (χ2v) is 5.69. The summed E-state index contributed by atoms with van der Waals surface area (Å²) in [6, 6.07) is 0.484. The molecule has 1 saturated carbocycles. The first-order valence-corrected chi connectivity index (χ1v) is 7.25. The van der Waals surface area contributed by atoms with Gasteiger partial charge in [0.15, 0.2) is 11.4 Å². The van der Waals surface area contributed by atoms with Crippen LogP contribution in [0.5, 0.6) is 0 Å². The van der Waals surface area contributed by atoms with Crippen LogP contribution in [0.25, 0.3) is 0 Å². The molecule has 2 rings (SSSR count). The molecular formula is C13H20N2OS. The Hall–Kier alpha value is -0.900. The van der Waals surface area contributed by atoms with Gasteiger partial charge in [0.25, 0.3) is 0 Å². The molecule has 0 amide bonds. The summed E-state index contributed by atoms with van der Waals surface area (Å²) in [4.78, 5) is 18.9. The molecule has 0 bridgehead atoms. The Kier molecular flexibility index (Phi) is 3.82. The van der Waals surface area contributed by atoms with Crippen molar-refractivity contribution in [1.82, 2.24) is 4.98 Å². The van der Waals surface area contributed by atoms with Crippen LogP contribution in [0.3, 0.4) is 0 Å². The lowest BCUT2D eigenvalue weighted by atomic mass is 10.2. The minimum absolute atomic E-state index is 0.484. The molecule has 1 unspecified atom stereocenters. The van der Waals surface area contributed by atoms with Gasteiger partial charge in [0.2, 0.25) is 0 Å². The summed E-state index contributed by atoms with van der Waals surface area (Å²) in [6.45, 7) is 7.49. The minimum atomic E-state index is 0.484. The lowest BCUT2D eigenvalue weighted by Crippen LogP contribution is -2.32. The molecule has 1 aromatic rings. The third-order valence-electron chi connectivity index (χ3n) is 3.45. The van der Waals surface area contributed by atoms with Gasteiger partial charge in [-0.1, -0.05) is 18.3 Å². The summed E-state index contributed by atoms with van der Waals surface area (Å²) in [6.07, 6.45) is 4.46. The number of thiazole rings is 1. The van der Waals surface area contributed by atoms with Gasteiger partial charge >= 0.3 is 0 Å². The molecule has 4 heteroatoms. The molecular weight excluding hydrogens is 232 g/mol. The van der Waals surface area contributed by atoms with Crippen molar-refractivity contribution in [2.75, 3.05) is 11.4 Å². The van der Waals surface area contributed by atoms with Gasteiger partial charge < -0.3 is 4.90 Å². The highest BCUT2D eigenvalue weighted by Gasteiger charge is 2.30. The number of hydrogen-bond donors (Lipinski definition) is 0. The third-order valence-corrected chi connectivity index (χ3v) is 4.48. The second kappa shape index (κ2) is 5.17. The minimum Gasteiger partial charge on any atom is -0.346 e. The van der Waals surface area contributed by atoms with Crippen LogP contribution >= 0.6 is 11.3 Å². The highest BCUT2D eigenvalue weighted by atomic mass is 32.1. The summed E-state index contributed by atoms with van der Waals surface area (Å²) in [5, 5.41) is 1.02. The molecule has 3 nitrogen and oxygen atoms in total. The predicted molar refractivity (Wildman–Crippen MR) is 72.2 cm³/mol. The summed E-state index contributed by atoms with van der Waals surface area (Å²) < 4.78 is 0. The summed E-state index contributed by atoms with van der Waals surface area (Å²) in [7, 11) is 0. The predicted octanol–water partition coefficient (Wildman–Crippen LogP) is 3.46. The zero-order valence-corrected chi connectivity index (χ0v) is 11.6. The molecule has 0 N–H and O–H groups in total. The maximum absolute atomic E-state index is 11.1. The van der Waals surface area contributed by atoms with Gasteiger partial charge in [-0.2, -0.15) is 0 Å². The first-order valence-electron chi connectivity index (χ1n) is 6.43. The van der Waals surface area contributed by atoms with E-state index in [4.69, 9.17) is 4.98 Å². The van der Waals surface area contributed by atoms with Crippen molar-refractivity contribution in [3.8, 4) is 0 Å². The molecule has 1 aromatic heterocycles. The van der Waals surface area contributed by atoms with Crippen LogP contribution in [0.15, 0.2) is 0 Å². The first-order chi connectivity index (χ1) is 8.21. The van der Waals surface area contributed by atoms with E-state index < -0.39 is 0 Å².